The van der Waals surface area contributed by atoms with Crippen LogP contribution in [0.4, 0.5) is 5.69 Å². The van der Waals surface area contributed by atoms with Crippen LogP contribution in [0.3, 0.4) is 0 Å². The minimum Gasteiger partial charge on any atom is -0.369 e. The van der Waals surface area contributed by atoms with Crippen LogP contribution in [-0.2, 0) is 11.2 Å². The Morgan fingerprint density at radius 1 is 1.04 bits per heavy atom. The average molecular weight is 334 g/mol. The number of ether oxygens (including phenoxy) is 1. The summed E-state index contributed by atoms with van der Waals surface area (Å²) in [5, 5.41) is 0. The van der Waals surface area contributed by atoms with E-state index >= 15 is 0 Å². The lowest BCUT2D eigenvalue weighted by Gasteiger charge is -2.46. The zero-order valence-corrected chi connectivity index (χ0v) is 14.7. The average Bonchev–Trinajstić information content (AvgIpc) is 2.69. The Bertz CT molecular complexity index is 715. The third-order valence-corrected chi connectivity index (χ3v) is 5.36. The number of rotatable bonds is 4. The molecular weight excluding hydrogens is 308 g/mol. The zero-order valence-electron chi connectivity index (χ0n) is 14.7. The molecule has 1 fully saturated rings. The van der Waals surface area contributed by atoms with Gasteiger partial charge in [0.2, 0.25) is 0 Å². The lowest BCUT2D eigenvalue weighted by molar-refractivity contribution is -0.0922. The van der Waals surface area contributed by atoms with Crippen LogP contribution in [0, 0.1) is 0 Å². The van der Waals surface area contributed by atoms with Crippen molar-refractivity contribution in [3.05, 3.63) is 78.4 Å². The van der Waals surface area contributed by atoms with Crippen molar-refractivity contribution in [3.8, 4) is 0 Å². The molecule has 25 heavy (non-hydrogen) atoms. The van der Waals surface area contributed by atoms with Gasteiger partial charge < -0.3 is 9.64 Å². The summed E-state index contributed by atoms with van der Waals surface area (Å²) in [5.41, 5.74) is 4.08. The topological polar surface area (TPSA) is 15.7 Å². The highest BCUT2D eigenvalue weighted by Crippen LogP contribution is 2.34. The molecule has 2 aromatic carbocycles. The molecule has 0 aromatic heterocycles. The Hall–Kier alpha value is -2.10. The summed E-state index contributed by atoms with van der Waals surface area (Å²) in [6.45, 7) is 7.84. The highest BCUT2D eigenvalue weighted by atomic mass is 16.5. The van der Waals surface area contributed by atoms with Crippen molar-refractivity contribution in [3.63, 3.8) is 0 Å². The van der Waals surface area contributed by atoms with E-state index in [1.165, 1.54) is 16.8 Å². The maximum Gasteiger partial charge on any atom is 0.137 e. The first-order valence-corrected chi connectivity index (χ1v) is 9.23. The fraction of sp³-hybridized carbons (Fsp3) is 0.364. The Morgan fingerprint density at radius 2 is 1.84 bits per heavy atom. The second-order valence-corrected chi connectivity index (χ2v) is 6.87. The molecule has 3 heteroatoms. The van der Waals surface area contributed by atoms with Crippen molar-refractivity contribution in [2.24, 2.45) is 0 Å². The number of nitrogens with zero attached hydrogens (tertiary/aromatic N) is 2. The molecule has 2 aliphatic heterocycles. The van der Waals surface area contributed by atoms with Gasteiger partial charge in [-0.05, 0) is 36.1 Å². The number of anilines is 1. The molecule has 0 spiro atoms. The highest BCUT2D eigenvalue weighted by molar-refractivity contribution is 5.47. The van der Waals surface area contributed by atoms with Gasteiger partial charge in [0.15, 0.2) is 0 Å². The summed E-state index contributed by atoms with van der Waals surface area (Å²) in [7, 11) is 0. The zero-order chi connectivity index (χ0) is 17.1. The number of fused-ring (bicyclic) bond motifs is 1. The maximum absolute atomic E-state index is 6.23. The summed E-state index contributed by atoms with van der Waals surface area (Å²) in [4.78, 5) is 5.03. The molecule has 4 rings (SSSR count). The molecule has 2 unspecified atom stereocenters. The van der Waals surface area contributed by atoms with E-state index in [1.54, 1.807) is 0 Å². The van der Waals surface area contributed by atoms with E-state index in [2.05, 4.69) is 71.0 Å². The van der Waals surface area contributed by atoms with Crippen LogP contribution < -0.4 is 4.90 Å². The predicted octanol–water partition coefficient (Wildman–Crippen LogP) is 4.02. The molecule has 130 valence electrons. The Kier molecular flexibility index (Phi) is 4.86. The second-order valence-electron chi connectivity index (χ2n) is 6.87. The molecule has 0 bridgehead atoms. The molecule has 3 nitrogen and oxygen atoms in total. The van der Waals surface area contributed by atoms with Crippen molar-refractivity contribution in [2.45, 2.75) is 25.1 Å². The second kappa shape index (κ2) is 7.42. The molecule has 1 saturated heterocycles. The molecule has 2 aliphatic rings. The van der Waals surface area contributed by atoms with E-state index in [0.717, 1.165) is 39.1 Å². The van der Waals surface area contributed by atoms with Crippen LogP contribution in [-0.4, -0.2) is 37.2 Å². The molecule has 0 saturated carbocycles. The fourth-order valence-corrected chi connectivity index (χ4v) is 4.10. The molecule has 0 N–H and O–H groups in total. The first-order valence-electron chi connectivity index (χ1n) is 9.23. The molecule has 0 amide bonds. The van der Waals surface area contributed by atoms with Gasteiger partial charge in [0.25, 0.3) is 0 Å². The number of piperazine rings is 1. The van der Waals surface area contributed by atoms with Gasteiger partial charge >= 0.3 is 0 Å². The van der Waals surface area contributed by atoms with Gasteiger partial charge in [-0.1, -0.05) is 48.5 Å². The summed E-state index contributed by atoms with van der Waals surface area (Å²) in [5.74, 6) is 0. The summed E-state index contributed by atoms with van der Waals surface area (Å²) in [6.07, 6.45) is 4.11. The van der Waals surface area contributed by atoms with Gasteiger partial charge in [-0.2, -0.15) is 0 Å². The summed E-state index contributed by atoms with van der Waals surface area (Å²) < 4.78 is 6.23. The Balaban J connectivity index is 1.57. The fourth-order valence-electron chi connectivity index (χ4n) is 4.10. The molecule has 0 radical (unpaired) electrons. The van der Waals surface area contributed by atoms with Gasteiger partial charge in [-0.3, -0.25) is 4.90 Å². The van der Waals surface area contributed by atoms with Crippen LogP contribution in [0.2, 0.25) is 0 Å². The standard InChI is InChI=1S/C22H26N2O/c1-2-8-20-17-23(19-10-4-3-5-11-19)14-15-24(20)22-21-12-7-6-9-18(21)13-16-25-22/h2-7,9-12,20,22H,1,8,13-17H2. The molecule has 0 aliphatic carbocycles. The van der Waals surface area contributed by atoms with Crippen molar-refractivity contribution < 1.29 is 4.74 Å². The van der Waals surface area contributed by atoms with Gasteiger partial charge in [-0.25, -0.2) is 0 Å². The van der Waals surface area contributed by atoms with E-state index < -0.39 is 0 Å². The van der Waals surface area contributed by atoms with Crippen molar-refractivity contribution in [1.82, 2.24) is 4.90 Å². The van der Waals surface area contributed by atoms with Crippen LogP contribution in [0.25, 0.3) is 0 Å². The number of hydrogen-bond donors (Lipinski definition) is 0. The van der Waals surface area contributed by atoms with Gasteiger partial charge in [-0.15, -0.1) is 6.58 Å². The van der Waals surface area contributed by atoms with Gasteiger partial charge in [0.1, 0.15) is 6.23 Å². The van der Waals surface area contributed by atoms with E-state index in [-0.39, 0.29) is 6.23 Å². The van der Waals surface area contributed by atoms with Crippen LogP contribution in [0.1, 0.15) is 23.8 Å². The monoisotopic (exact) mass is 334 g/mol. The Morgan fingerprint density at radius 3 is 2.68 bits per heavy atom. The SMILES string of the molecule is C=CCC1CN(c2ccccc2)CCN1C1OCCc2ccccc21. The lowest BCUT2D eigenvalue weighted by atomic mass is 9.98. The van der Waals surface area contributed by atoms with Crippen LogP contribution >= 0.6 is 0 Å². The number of hydrogen-bond acceptors (Lipinski definition) is 3. The maximum atomic E-state index is 6.23. The Labute approximate surface area is 150 Å². The smallest absolute Gasteiger partial charge is 0.137 e. The molecule has 2 aromatic rings. The molecule has 2 atom stereocenters. The minimum atomic E-state index is 0.0767. The van der Waals surface area contributed by atoms with E-state index in [4.69, 9.17) is 4.74 Å². The predicted molar refractivity (Wildman–Crippen MR) is 103 cm³/mol. The van der Waals surface area contributed by atoms with Crippen LogP contribution in [0.15, 0.2) is 67.3 Å². The summed E-state index contributed by atoms with van der Waals surface area (Å²) in [6, 6.07) is 19.9. The first-order chi connectivity index (χ1) is 12.4. The largest absolute Gasteiger partial charge is 0.369 e. The molecular formula is C22H26N2O. The van der Waals surface area contributed by atoms with Crippen molar-refractivity contribution in [2.75, 3.05) is 31.1 Å². The van der Waals surface area contributed by atoms with E-state index in [1.807, 2.05) is 6.08 Å². The van der Waals surface area contributed by atoms with Crippen LogP contribution in [0.5, 0.6) is 0 Å². The van der Waals surface area contributed by atoms with Crippen molar-refractivity contribution >= 4 is 5.69 Å². The van der Waals surface area contributed by atoms with E-state index in [0.29, 0.717) is 6.04 Å². The van der Waals surface area contributed by atoms with E-state index in [9.17, 15) is 0 Å². The normalized spacial score (nSPS) is 23.9. The third kappa shape index (κ3) is 3.35. The minimum absolute atomic E-state index is 0.0767. The lowest BCUT2D eigenvalue weighted by Crippen LogP contribution is -2.55. The number of para-hydroxylation sites is 1. The van der Waals surface area contributed by atoms with Gasteiger partial charge in [0.05, 0.1) is 6.61 Å². The van der Waals surface area contributed by atoms with Gasteiger partial charge in [0, 0.05) is 31.4 Å². The quantitative estimate of drug-likeness (QED) is 0.785. The summed E-state index contributed by atoms with van der Waals surface area (Å²) >= 11 is 0. The first kappa shape index (κ1) is 16.4. The number of benzene rings is 2. The molecule has 2 heterocycles. The highest BCUT2D eigenvalue weighted by Gasteiger charge is 2.35. The van der Waals surface area contributed by atoms with Crippen molar-refractivity contribution in [1.29, 1.82) is 0 Å². The third-order valence-electron chi connectivity index (χ3n) is 5.36.